The second kappa shape index (κ2) is 7.40. The Bertz CT molecular complexity index is 541. The van der Waals surface area contributed by atoms with Gasteiger partial charge in [0.15, 0.2) is 0 Å². The summed E-state index contributed by atoms with van der Waals surface area (Å²) in [6, 6.07) is 1.71. The maximum Gasteiger partial charge on any atom is 0.242 e. The summed E-state index contributed by atoms with van der Waals surface area (Å²) in [6.07, 6.45) is 4.56. The van der Waals surface area contributed by atoms with Gasteiger partial charge < -0.3 is 15.2 Å². The maximum absolute atomic E-state index is 12.4. The Labute approximate surface area is 127 Å². The van der Waals surface area contributed by atoms with Gasteiger partial charge in [-0.25, -0.2) is 13.1 Å². The van der Waals surface area contributed by atoms with Gasteiger partial charge in [-0.15, -0.1) is 0 Å². The minimum atomic E-state index is -3.43. The van der Waals surface area contributed by atoms with Crippen LogP contribution in [0.1, 0.15) is 31.9 Å². The van der Waals surface area contributed by atoms with Crippen LogP contribution >= 0.6 is 0 Å². The summed E-state index contributed by atoms with van der Waals surface area (Å²) in [4.78, 5) is 5.51. The molecule has 1 saturated heterocycles. The molecule has 0 saturated carbocycles. The lowest BCUT2D eigenvalue weighted by Crippen LogP contribution is -2.46. The summed E-state index contributed by atoms with van der Waals surface area (Å²) in [6.45, 7) is 5.50. The highest BCUT2D eigenvalue weighted by molar-refractivity contribution is 7.89. The Morgan fingerprint density at radius 1 is 1.48 bits per heavy atom. The van der Waals surface area contributed by atoms with Crippen LogP contribution in [0.25, 0.3) is 0 Å². The van der Waals surface area contributed by atoms with Crippen molar-refractivity contribution in [2.75, 3.05) is 26.7 Å². The smallest absolute Gasteiger partial charge is 0.242 e. The molecule has 1 aromatic heterocycles. The molecule has 2 rings (SSSR count). The Kier molecular flexibility index (Phi) is 5.80. The van der Waals surface area contributed by atoms with Gasteiger partial charge in [-0.3, -0.25) is 0 Å². The molecule has 1 unspecified atom stereocenters. The van der Waals surface area contributed by atoms with Crippen molar-refractivity contribution in [2.45, 2.75) is 43.7 Å². The molecule has 3 N–H and O–H groups in total. The van der Waals surface area contributed by atoms with Crippen molar-refractivity contribution in [1.29, 1.82) is 0 Å². The van der Waals surface area contributed by atoms with Crippen molar-refractivity contribution in [3.63, 3.8) is 0 Å². The molecule has 1 atom stereocenters. The lowest BCUT2D eigenvalue weighted by molar-refractivity contribution is 0.242. The molecule has 0 amide bonds. The van der Waals surface area contributed by atoms with E-state index in [1.807, 2.05) is 7.05 Å². The van der Waals surface area contributed by atoms with E-state index in [0.29, 0.717) is 11.4 Å². The third-order valence-corrected chi connectivity index (χ3v) is 5.22. The third kappa shape index (κ3) is 4.81. The van der Waals surface area contributed by atoms with Crippen LogP contribution in [0.5, 0.6) is 0 Å². The number of likely N-dealkylation sites (tertiary alicyclic amines) is 1. The highest BCUT2D eigenvalue weighted by atomic mass is 32.2. The van der Waals surface area contributed by atoms with Gasteiger partial charge in [0.2, 0.25) is 10.0 Å². The monoisotopic (exact) mass is 314 g/mol. The number of nitrogens with zero attached hydrogens (tertiary/aromatic N) is 1. The summed E-state index contributed by atoms with van der Waals surface area (Å²) >= 11 is 0. The van der Waals surface area contributed by atoms with E-state index in [9.17, 15) is 8.42 Å². The number of H-pyrrole nitrogens is 1. The summed E-state index contributed by atoms with van der Waals surface area (Å²) in [5, 5.41) is 3.25. The fourth-order valence-electron chi connectivity index (χ4n) is 2.63. The summed E-state index contributed by atoms with van der Waals surface area (Å²) in [5.41, 5.74) is 0.893. The lowest BCUT2D eigenvalue weighted by atomic mass is 10.1. The molecule has 7 heteroatoms. The van der Waals surface area contributed by atoms with Crippen LogP contribution in [0.2, 0.25) is 0 Å². The number of hydrogen-bond acceptors (Lipinski definition) is 4. The van der Waals surface area contributed by atoms with Crippen LogP contribution in [0.3, 0.4) is 0 Å². The van der Waals surface area contributed by atoms with Crippen molar-refractivity contribution < 1.29 is 8.42 Å². The van der Waals surface area contributed by atoms with Gasteiger partial charge in [-0.2, -0.15) is 0 Å². The quantitative estimate of drug-likeness (QED) is 0.653. The van der Waals surface area contributed by atoms with E-state index < -0.39 is 10.0 Å². The molecule has 1 aliphatic heterocycles. The standard InChI is InChI=1S/C14H26N4O2S/c1-3-6-15-9-13-8-14(10-16-13)21(19,20)17-12-5-4-7-18(2)11-12/h8,10,12,15-17H,3-7,9,11H2,1-2H3. The molecule has 21 heavy (non-hydrogen) atoms. The first-order chi connectivity index (χ1) is 10.0. The number of aromatic nitrogens is 1. The predicted molar refractivity (Wildman–Crippen MR) is 83.6 cm³/mol. The van der Waals surface area contributed by atoms with Crippen LogP contribution in [-0.4, -0.2) is 51.0 Å². The summed E-state index contributed by atoms with van der Waals surface area (Å²) in [5.74, 6) is 0. The van der Waals surface area contributed by atoms with Crippen molar-refractivity contribution in [1.82, 2.24) is 19.9 Å². The molecule has 0 spiro atoms. The fourth-order valence-corrected chi connectivity index (χ4v) is 3.90. The largest absolute Gasteiger partial charge is 0.363 e. The predicted octanol–water partition coefficient (Wildman–Crippen LogP) is 0.887. The number of nitrogens with one attached hydrogen (secondary N) is 3. The van der Waals surface area contributed by atoms with Crippen LogP contribution in [0.4, 0.5) is 0 Å². The minimum Gasteiger partial charge on any atom is -0.363 e. The first-order valence-corrected chi connectivity index (χ1v) is 9.08. The Hall–Kier alpha value is -0.890. The molecular formula is C14H26N4O2S. The molecule has 1 aromatic rings. The number of rotatable bonds is 7. The Morgan fingerprint density at radius 3 is 3.00 bits per heavy atom. The van der Waals surface area contributed by atoms with E-state index in [1.165, 1.54) is 0 Å². The summed E-state index contributed by atoms with van der Waals surface area (Å²) < 4.78 is 27.6. The third-order valence-electron chi connectivity index (χ3n) is 3.72. The number of sulfonamides is 1. The molecule has 120 valence electrons. The molecule has 0 radical (unpaired) electrons. The van der Waals surface area contributed by atoms with Crippen LogP contribution in [-0.2, 0) is 16.6 Å². The van der Waals surface area contributed by atoms with Gasteiger partial charge in [-0.05, 0) is 45.5 Å². The Balaban J connectivity index is 1.95. The van der Waals surface area contributed by atoms with Crippen LogP contribution in [0, 0.1) is 0 Å². The SMILES string of the molecule is CCCNCc1cc(S(=O)(=O)NC2CCCN(C)C2)c[nH]1. The van der Waals surface area contributed by atoms with Crippen LogP contribution in [0.15, 0.2) is 17.2 Å². The summed E-state index contributed by atoms with van der Waals surface area (Å²) in [7, 11) is -1.41. The number of likely N-dealkylation sites (N-methyl/N-ethyl adjacent to an activating group) is 1. The van der Waals surface area contributed by atoms with E-state index in [2.05, 4.69) is 26.8 Å². The Morgan fingerprint density at radius 2 is 2.29 bits per heavy atom. The van der Waals surface area contributed by atoms with E-state index >= 15 is 0 Å². The van der Waals surface area contributed by atoms with Crippen LogP contribution < -0.4 is 10.0 Å². The molecular weight excluding hydrogens is 288 g/mol. The second-order valence-electron chi connectivity index (χ2n) is 5.76. The zero-order valence-corrected chi connectivity index (χ0v) is 13.7. The lowest BCUT2D eigenvalue weighted by Gasteiger charge is -2.29. The molecule has 2 heterocycles. The van der Waals surface area contributed by atoms with Crippen molar-refractivity contribution >= 4 is 10.0 Å². The topological polar surface area (TPSA) is 77.2 Å². The molecule has 6 nitrogen and oxygen atoms in total. The first kappa shape index (κ1) is 16.5. The van der Waals surface area contributed by atoms with Gasteiger partial charge in [-0.1, -0.05) is 6.92 Å². The highest BCUT2D eigenvalue weighted by Gasteiger charge is 2.24. The highest BCUT2D eigenvalue weighted by Crippen LogP contribution is 2.14. The number of piperidine rings is 1. The molecule has 1 aliphatic rings. The van der Waals surface area contributed by atoms with Gasteiger partial charge in [0.25, 0.3) is 0 Å². The van der Waals surface area contributed by atoms with Crippen molar-refractivity contribution in [3.8, 4) is 0 Å². The zero-order chi connectivity index (χ0) is 15.3. The normalized spacial score (nSPS) is 20.8. The number of hydrogen-bond donors (Lipinski definition) is 3. The molecule has 1 fully saturated rings. The maximum atomic E-state index is 12.4. The van der Waals surface area contributed by atoms with E-state index in [0.717, 1.165) is 44.6 Å². The molecule has 0 aliphatic carbocycles. The second-order valence-corrected chi connectivity index (χ2v) is 7.47. The van der Waals surface area contributed by atoms with Gasteiger partial charge in [0.1, 0.15) is 0 Å². The first-order valence-electron chi connectivity index (χ1n) is 7.60. The zero-order valence-electron chi connectivity index (χ0n) is 12.9. The molecule has 0 aromatic carbocycles. The average Bonchev–Trinajstić information content (AvgIpc) is 2.88. The average molecular weight is 314 g/mol. The van der Waals surface area contributed by atoms with E-state index in [-0.39, 0.29) is 6.04 Å². The fraction of sp³-hybridized carbons (Fsp3) is 0.714. The number of aromatic amines is 1. The minimum absolute atomic E-state index is 0.00492. The van der Waals surface area contributed by atoms with Gasteiger partial charge in [0, 0.05) is 31.0 Å². The van der Waals surface area contributed by atoms with Gasteiger partial charge >= 0.3 is 0 Å². The van der Waals surface area contributed by atoms with Crippen molar-refractivity contribution in [3.05, 3.63) is 18.0 Å². The van der Waals surface area contributed by atoms with Crippen molar-refractivity contribution in [2.24, 2.45) is 0 Å². The van der Waals surface area contributed by atoms with Gasteiger partial charge in [0.05, 0.1) is 4.90 Å². The van der Waals surface area contributed by atoms with E-state index in [4.69, 9.17) is 0 Å². The van der Waals surface area contributed by atoms with E-state index in [1.54, 1.807) is 12.3 Å². The molecule has 0 bridgehead atoms.